The molecule has 0 atom stereocenters. The summed E-state index contributed by atoms with van der Waals surface area (Å²) >= 11 is 0. The number of nitrogens with zero attached hydrogens (tertiary/aromatic N) is 1. The molecule has 0 radical (unpaired) electrons. The van der Waals surface area contributed by atoms with Crippen molar-refractivity contribution in [3.05, 3.63) is 47.0 Å². The van der Waals surface area contributed by atoms with E-state index in [1.807, 2.05) is 30.9 Å². The molecule has 0 spiro atoms. The summed E-state index contributed by atoms with van der Waals surface area (Å²) < 4.78 is 33.9. The Balaban J connectivity index is 1.87. The average Bonchev–Trinajstić information content (AvgIpc) is 2.66. The molecule has 7 heteroatoms. The van der Waals surface area contributed by atoms with E-state index in [9.17, 15) is 13.2 Å². The zero-order valence-corrected chi connectivity index (χ0v) is 19.1. The second kappa shape index (κ2) is 8.68. The van der Waals surface area contributed by atoms with Crippen LogP contribution in [0, 0.1) is 19.8 Å². The van der Waals surface area contributed by atoms with Crippen LogP contribution < -0.4 is 14.4 Å². The molecule has 1 N–H and O–H groups in total. The minimum absolute atomic E-state index is 0.126. The molecule has 0 aliphatic carbocycles. The number of amides is 1. The van der Waals surface area contributed by atoms with E-state index in [0.717, 1.165) is 28.8 Å². The maximum absolute atomic E-state index is 13.0. The van der Waals surface area contributed by atoms with Gasteiger partial charge in [0.05, 0.1) is 12.0 Å². The lowest BCUT2D eigenvalue weighted by Gasteiger charge is -2.30. The summed E-state index contributed by atoms with van der Waals surface area (Å²) in [5.74, 6) is 1.32. The van der Waals surface area contributed by atoms with Gasteiger partial charge in [-0.2, -0.15) is 0 Å². The molecule has 0 unspecified atom stereocenters. The number of aryl methyl sites for hydroxylation is 3. The Morgan fingerprint density at radius 3 is 2.37 bits per heavy atom. The molecule has 0 saturated carbocycles. The number of rotatable bonds is 7. The predicted molar refractivity (Wildman–Crippen MR) is 120 cm³/mol. The van der Waals surface area contributed by atoms with Crippen LogP contribution in [0.5, 0.6) is 5.75 Å². The number of carbonyl (C=O) groups is 1. The van der Waals surface area contributed by atoms with Gasteiger partial charge in [-0.25, -0.2) is 8.42 Å². The number of sulfonamides is 1. The van der Waals surface area contributed by atoms with Gasteiger partial charge in [-0.1, -0.05) is 13.8 Å². The second-order valence-electron chi connectivity index (χ2n) is 8.27. The maximum atomic E-state index is 13.0. The molecule has 1 heterocycles. The molecule has 162 valence electrons. The van der Waals surface area contributed by atoms with E-state index in [0.29, 0.717) is 36.7 Å². The molecule has 1 aliphatic heterocycles. The first-order chi connectivity index (χ1) is 14.1. The first-order valence-corrected chi connectivity index (χ1v) is 11.7. The molecule has 1 amide bonds. The highest BCUT2D eigenvalue weighted by Crippen LogP contribution is 2.32. The molecule has 0 aromatic heterocycles. The Bertz CT molecular complexity index is 1040. The number of ether oxygens (including phenoxy) is 1. The topological polar surface area (TPSA) is 75.7 Å². The zero-order valence-electron chi connectivity index (χ0n) is 18.3. The van der Waals surface area contributed by atoms with E-state index >= 15 is 0 Å². The van der Waals surface area contributed by atoms with Crippen LogP contribution in [0.1, 0.15) is 43.4 Å². The van der Waals surface area contributed by atoms with Crippen LogP contribution in [-0.4, -0.2) is 28.0 Å². The molecule has 2 aromatic rings. The van der Waals surface area contributed by atoms with Gasteiger partial charge in [-0.15, -0.1) is 0 Å². The molecule has 1 aliphatic rings. The van der Waals surface area contributed by atoms with E-state index in [1.54, 1.807) is 25.3 Å². The van der Waals surface area contributed by atoms with Crippen molar-refractivity contribution >= 4 is 27.3 Å². The Morgan fingerprint density at radius 1 is 1.10 bits per heavy atom. The van der Waals surface area contributed by atoms with Crippen LogP contribution in [0.2, 0.25) is 0 Å². The normalized spacial score (nSPS) is 14.1. The first kappa shape index (κ1) is 22.2. The largest absolute Gasteiger partial charge is 0.496 e. The van der Waals surface area contributed by atoms with Crippen molar-refractivity contribution in [2.45, 2.75) is 51.9 Å². The van der Waals surface area contributed by atoms with Crippen LogP contribution in [0.3, 0.4) is 0 Å². The van der Waals surface area contributed by atoms with Gasteiger partial charge in [-0.3, -0.25) is 9.52 Å². The number of anilines is 2. The second-order valence-corrected chi connectivity index (χ2v) is 9.95. The third-order valence-corrected chi connectivity index (χ3v) is 6.77. The summed E-state index contributed by atoms with van der Waals surface area (Å²) in [4.78, 5) is 14.4. The monoisotopic (exact) mass is 430 g/mol. The number of fused-ring (bicyclic) bond motifs is 1. The van der Waals surface area contributed by atoms with Crippen LogP contribution >= 0.6 is 0 Å². The van der Waals surface area contributed by atoms with Crippen molar-refractivity contribution in [2.24, 2.45) is 5.92 Å². The third kappa shape index (κ3) is 4.61. The molecule has 3 rings (SSSR count). The number of hydrogen-bond donors (Lipinski definition) is 1. The summed E-state index contributed by atoms with van der Waals surface area (Å²) in [5.41, 5.74) is 3.90. The smallest absolute Gasteiger partial charge is 0.261 e. The van der Waals surface area contributed by atoms with Gasteiger partial charge < -0.3 is 9.64 Å². The lowest BCUT2D eigenvalue weighted by atomic mass is 9.99. The van der Waals surface area contributed by atoms with E-state index in [4.69, 9.17) is 4.74 Å². The van der Waals surface area contributed by atoms with E-state index in [2.05, 4.69) is 18.6 Å². The van der Waals surface area contributed by atoms with Gasteiger partial charge in [0.15, 0.2) is 0 Å². The summed E-state index contributed by atoms with van der Waals surface area (Å²) in [6.45, 7) is 8.60. The average molecular weight is 431 g/mol. The number of carbonyl (C=O) groups excluding carboxylic acids is 1. The van der Waals surface area contributed by atoms with Crippen molar-refractivity contribution in [2.75, 3.05) is 23.3 Å². The molecule has 0 saturated heterocycles. The van der Waals surface area contributed by atoms with E-state index in [-0.39, 0.29) is 10.8 Å². The lowest BCUT2D eigenvalue weighted by molar-refractivity contribution is -0.118. The summed E-state index contributed by atoms with van der Waals surface area (Å²) in [5, 5.41) is 0. The third-order valence-electron chi connectivity index (χ3n) is 5.41. The molecule has 2 aromatic carbocycles. The van der Waals surface area contributed by atoms with Crippen molar-refractivity contribution in [3.63, 3.8) is 0 Å². The van der Waals surface area contributed by atoms with Crippen molar-refractivity contribution < 1.29 is 17.9 Å². The fourth-order valence-corrected chi connectivity index (χ4v) is 5.08. The predicted octanol–water partition coefficient (Wildman–Crippen LogP) is 4.44. The molecule has 30 heavy (non-hydrogen) atoms. The van der Waals surface area contributed by atoms with Crippen LogP contribution in [0.25, 0.3) is 0 Å². The Morgan fingerprint density at radius 2 is 1.77 bits per heavy atom. The highest BCUT2D eigenvalue weighted by molar-refractivity contribution is 7.92. The molecular weight excluding hydrogens is 400 g/mol. The Hall–Kier alpha value is -2.54. The first-order valence-electron chi connectivity index (χ1n) is 10.2. The maximum Gasteiger partial charge on any atom is 0.261 e. The fourth-order valence-electron chi connectivity index (χ4n) is 3.86. The van der Waals surface area contributed by atoms with Crippen molar-refractivity contribution in [1.82, 2.24) is 0 Å². The van der Waals surface area contributed by atoms with Crippen molar-refractivity contribution in [3.8, 4) is 5.75 Å². The van der Waals surface area contributed by atoms with Crippen LogP contribution in [0.15, 0.2) is 35.2 Å². The SMILES string of the molecule is COc1c(C)cc(S(=O)(=O)Nc2ccc3c(c2)CCC(=O)N3CCC(C)C)cc1C. The minimum atomic E-state index is -3.74. The number of benzene rings is 2. The van der Waals surface area contributed by atoms with Gasteiger partial charge in [-0.05, 0) is 79.6 Å². The lowest BCUT2D eigenvalue weighted by Crippen LogP contribution is -2.36. The highest BCUT2D eigenvalue weighted by Gasteiger charge is 2.25. The summed E-state index contributed by atoms with van der Waals surface area (Å²) in [6.07, 6.45) is 1.98. The minimum Gasteiger partial charge on any atom is -0.496 e. The molecule has 6 nitrogen and oxygen atoms in total. The number of methoxy groups -OCH3 is 1. The molecule has 0 fully saturated rings. The summed E-state index contributed by atoms with van der Waals surface area (Å²) in [7, 11) is -2.17. The van der Waals surface area contributed by atoms with Gasteiger partial charge in [0.2, 0.25) is 5.91 Å². The van der Waals surface area contributed by atoms with Gasteiger partial charge in [0, 0.05) is 24.3 Å². The quantitative estimate of drug-likeness (QED) is 0.705. The Kier molecular flexibility index (Phi) is 6.41. The van der Waals surface area contributed by atoms with Gasteiger partial charge in [0.1, 0.15) is 5.75 Å². The van der Waals surface area contributed by atoms with Crippen LogP contribution in [-0.2, 0) is 21.2 Å². The summed E-state index contributed by atoms with van der Waals surface area (Å²) in [6, 6.07) is 8.62. The molecule has 0 bridgehead atoms. The number of hydrogen-bond acceptors (Lipinski definition) is 4. The standard InChI is InChI=1S/C23H30N2O4S/c1-15(2)10-11-25-21-8-7-19(14-18(21)6-9-22(25)26)24-30(27,28)20-12-16(3)23(29-5)17(4)13-20/h7-8,12-15,24H,6,9-11H2,1-5H3. The van der Waals surface area contributed by atoms with E-state index < -0.39 is 10.0 Å². The van der Waals surface area contributed by atoms with Gasteiger partial charge >= 0.3 is 0 Å². The zero-order chi connectivity index (χ0) is 22.1. The Labute approximate surface area is 179 Å². The van der Waals surface area contributed by atoms with E-state index in [1.165, 1.54) is 0 Å². The van der Waals surface area contributed by atoms with Crippen molar-refractivity contribution in [1.29, 1.82) is 0 Å². The highest BCUT2D eigenvalue weighted by atomic mass is 32.2. The van der Waals surface area contributed by atoms with Gasteiger partial charge in [0.25, 0.3) is 10.0 Å². The van der Waals surface area contributed by atoms with Crippen LogP contribution in [0.4, 0.5) is 11.4 Å². The fraction of sp³-hybridized carbons (Fsp3) is 0.435. The number of nitrogens with one attached hydrogen (secondary N) is 1. The molecular formula is C23H30N2O4S.